The molecule has 1 amide bonds. The molecule has 158 valence electrons. The Morgan fingerprint density at radius 2 is 1.81 bits per heavy atom. The van der Waals surface area contributed by atoms with E-state index >= 15 is 0 Å². The zero-order chi connectivity index (χ0) is 22.0. The van der Waals surface area contributed by atoms with Gasteiger partial charge < -0.3 is 14.5 Å². The Bertz CT molecular complexity index is 1120. The number of nitro groups is 1. The van der Waals surface area contributed by atoms with Gasteiger partial charge in [-0.25, -0.2) is 4.79 Å². The van der Waals surface area contributed by atoms with E-state index in [9.17, 15) is 19.7 Å². The molecule has 1 unspecified atom stereocenters. The van der Waals surface area contributed by atoms with E-state index in [1.165, 1.54) is 24.3 Å². The van der Waals surface area contributed by atoms with Gasteiger partial charge in [0.1, 0.15) is 0 Å². The Balaban J connectivity index is 1.37. The summed E-state index contributed by atoms with van der Waals surface area (Å²) in [4.78, 5) is 34.4. The number of amides is 1. The standard InChI is InChI=1S/C21H18N4O6/c1-12(19-23-24-20(31-19)14-6-10-17(11-7-14)25(28)29)30-21(27)15-4-8-16(9-5-15)22-18(26)13-2-3-13/h4-13H,2-3H2,1H3,(H,22,26). The maximum atomic E-state index is 12.4. The first-order valence-electron chi connectivity index (χ1n) is 9.61. The maximum absolute atomic E-state index is 12.4. The van der Waals surface area contributed by atoms with Crippen LogP contribution in [0.3, 0.4) is 0 Å². The molecule has 1 aliphatic rings. The first-order chi connectivity index (χ1) is 14.9. The Kier molecular flexibility index (Phi) is 5.44. The van der Waals surface area contributed by atoms with Crippen molar-refractivity contribution in [1.29, 1.82) is 0 Å². The van der Waals surface area contributed by atoms with E-state index in [0.29, 0.717) is 16.8 Å². The second-order valence-corrected chi connectivity index (χ2v) is 7.14. The molecule has 1 fully saturated rings. The van der Waals surface area contributed by atoms with Gasteiger partial charge in [-0.3, -0.25) is 14.9 Å². The minimum atomic E-state index is -0.805. The van der Waals surface area contributed by atoms with Gasteiger partial charge >= 0.3 is 5.97 Å². The molecule has 10 heteroatoms. The van der Waals surface area contributed by atoms with Crippen molar-refractivity contribution in [2.45, 2.75) is 25.9 Å². The summed E-state index contributed by atoms with van der Waals surface area (Å²) >= 11 is 0. The lowest BCUT2D eigenvalue weighted by atomic mass is 10.2. The zero-order valence-corrected chi connectivity index (χ0v) is 16.5. The highest BCUT2D eigenvalue weighted by atomic mass is 16.6. The van der Waals surface area contributed by atoms with Crippen LogP contribution in [0.4, 0.5) is 11.4 Å². The fourth-order valence-electron chi connectivity index (χ4n) is 2.80. The number of rotatable bonds is 7. The van der Waals surface area contributed by atoms with Crippen molar-refractivity contribution >= 4 is 23.3 Å². The molecule has 10 nitrogen and oxygen atoms in total. The van der Waals surface area contributed by atoms with Gasteiger partial charge in [0.2, 0.25) is 11.8 Å². The molecule has 4 rings (SSSR count). The monoisotopic (exact) mass is 422 g/mol. The molecule has 31 heavy (non-hydrogen) atoms. The zero-order valence-electron chi connectivity index (χ0n) is 16.5. The molecule has 1 heterocycles. The van der Waals surface area contributed by atoms with Crippen LogP contribution in [0.2, 0.25) is 0 Å². The van der Waals surface area contributed by atoms with Gasteiger partial charge in [-0.15, -0.1) is 10.2 Å². The second kappa shape index (κ2) is 8.34. The van der Waals surface area contributed by atoms with Crippen molar-refractivity contribution in [1.82, 2.24) is 10.2 Å². The molecular weight excluding hydrogens is 404 g/mol. The summed E-state index contributed by atoms with van der Waals surface area (Å²) in [7, 11) is 0. The van der Waals surface area contributed by atoms with E-state index < -0.39 is 17.0 Å². The number of anilines is 1. The third kappa shape index (κ3) is 4.74. The van der Waals surface area contributed by atoms with Gasteiger partial charge in [-0.2, -0.15) is 0 Å². The molecule has 3 aromatic rings. The summed E-state index contributed by atoms with van der Waals surface area (Å²) in [6.45, 7) is 1.59. The Labute approximate surface area is 176 Å². The molecule has 1 aromatic heterocycles. The number of nitrogens with zero attached hydrogens (tertiary/aromatic N) is 3. The van der Waals surface area contributed by atoms with Gasteiger partial charge in [0.15, 0.2) is 6.10 Å². The van der Waals surface area contributed by atoms with Crippen molar-refractivity contribution in [3.05, 3.63) is 70.1 Å². The smallest absolute Gasteiger partial charge is 0.338 e. The third-order valence-electron chi connectivity index (χ3n) is 4.73. The molecule has 0 radical (unpaired) electrons. The first-order valence-corrected chi connectivity index (χ1v) is 9.61. The third-order valence-corrected chi connectivity index (χ3v) is 4.73. The number of nitrogens with one attached hydrogen (secondary N) is 1. The van der Waals surface area contributed by atoms with Crippen LogP contribution in [0.15, 0.2) is 52.9 Å². The van der Waals surface area contributed by atoms with Gasteiger partial charge in [0.25, 0.3) is 11.6 Å². The quantitative estimate of drug-likeness (QED) is 0.344. The molecule has 1 saturated carbocycles. The number of esters is 1. The van der Waals surface area contributed by atoms with Gasteiger partial charge in [-0.05, 0) is 56.2 Å². The van der Waals surface area contributed by atoms with Crippen LogP contribution >= 0.6 is 0 Å². The lowest BCUT2D eigenvalue weighted by Crippen LogP contribution is -2.13. The molecule has 1 aliphatic carbocycles. The Morgan fingerprint density at radius 3 is 2.42 bits per heavy atom. The second-order valence-electron chi connectivity index (χ2n) is 7.14. The van der Waals surface area contributed by atoms with Crippen molar-refractivity contribution in [2.24, 2.45) is 5.92 Å². The molecule has 0 bridgehead atoms. The number of carbonyl (C=O) groups is 2. The van der Waals surface area contributed by atoms with Crippen molar-refractivity contribution in [3.63, 3.8) is 0 Å². The number of benzene rings is 2. The highest BCUT2D eigenvalue weighted by Crippen LogP contribution is 2.30. The molecule has 0 spiro atoms. The Morgan fingerprint density at radius 1 is 1.13 bits per heavy atom. The van der Waals surface area contributed by atoms with Crippen LogP contribution in [0.25, 0.3) is 11.5 Å². The fraction of sp³-hybridized carbons (Fsp3) is 0.238. The van der Waals surface area contributed by atoms with Crippen molar-refractivity contribution < 1.29 is 23.7 Å². The number of non-ortho nitro benzene ring substituents is 1. The summed E-state index contributed by atoms with van der Waals surface area (Å²) in [5.41, 5.74) is 1.38. The molecule has 2 aromatic carbocycles. The topological polar surface area (TPSA) is 137 Å². The minimum Gasteiger partial charge on any atom is -0.449 e. The maximum Gasteiger partial charge on any atom is 0.338 e. The SMILES string of the molecule is CC(OC(=O)c1ccc(NC(=O)C2CC2)cc1)c1nnc(-c2ccc([N+](=O)[O-])cc2)o1. The molecule has 1 atom stereocenters. The van der Waals surface area contributed by atoms with Crippen LogP contribution in [-0.4, -0.2) is 27.0 Å². The summed E-state index contributed by atoms with van der Waals surface area (Å²) in [6, 6.07) is 12.1. The summed E-state index contributed by atoms with van der Waals surface area (Å²) < 4.78 is 10.9. The molecule has 0 aliphatic heterocycles. The molecule has 1 N–H and O–H groups in total. The highest BCUT2D eigenvalue weighted by molar-refractivity contribution is 5.95. The average molecular weight is 422 g/mol. The van der Waals surface area contributed by atoms with Crippen LogP contribution in [0.5, 0.6) is 0 Å². The van der Waals surface area contributed by atoms with Crippen LogP contribution in [-0.2, 0) is 9.53 Å². The highest BCUT2D eigenvalue weighted by Gasteiger charge is 2.29. The van der Waals surface area contributed by atoms with Gasteiger partial charge in [-0.1, -0.05) is 0 Å². The number of hydrogen-bond donors (Lipinski definition) is 1. The first kappa shape index (κ1) is 20.2. The number of aromatic nitrogens is 2. The van der Waals surface area contributed by atoms with Gasteiger partial charge in [0, 0.05) is 29.3 Å². The van der Waals surface area contributed by atoms with Crippen molar-refractivity contribution in [2.75, 3.05) is 5.32 Å². The summed E-state index contributed by atoms with van der Waals surface area (Å²) in [5, 5.41) is 21.3. The lowest BCUT2D eigenvalue weighted by Gasteiger charge is -2.10. The summed E-state index contributed by atoms with van der Waals surface area (Å²) in [6.07, 6.45) is 1.02. The van der Waals surface area contributed by atoms with Crippen LogP contribution < -0.4 is 5.32 Å². The number of hydrogen-bond acceptors (Lipinski definition) is 8. The van der Waals surface area contributed by atoms with E-state index in [4.69, 9.17) is 9.15 Å². The molecular formula is C21H18N4O6. The fourth-order valence-corrected chi connectivity index (χ4v) is 2.80. The normalized spacial score (nSPS) is 14.0. The average Bonchev–Trinajstić information content (AvgIpc) is 3.51. The predicted octanol–water partition coefficient (Wildman–Crippen LogP) is 3.91. The summed E-state index contributed by atoms with van der Waals surface area (Å²) in [5.74, 6) is -0.249. The van der Waals surface area contributed by atoms with E-state index in [-0.39, 0.29) is 29.3 Å². The number of nitro benzene ring substituents is 1. The van der Waals surface area contributed by atoms with Crippen LogP contribution in [0, 0.1) is 16.0 Å². The minimum absolute atomic E-state index is 0.0100. The van der Waals surface area contributed by atoms with Crippen LogP contribution in [0.1, 0.15) is 42.1 Å². The van der Waals surface area contributed by atoms with E-state index in [2.05, 4.69) is 15.5 Å². The predicted molar refractivity (Wildman–Crippen MR) is 108 cm³/mol. The van der Waals surface area contributed by atoms with Crippen molar-refractivity contribution in [3.8, 4) is 11.5 Å². The van der Waals surface area contributed by atoms with Gasteiger partial charge in [0.05, 0.1) is 10.5 Å². The molecule has 0 saturated heterocycles. The number of ether oxygens (including phenoxy) is 1. The number of carbonyl (C=O) groups excluding carboxylic acids is 2. The Hall–Kier alpha value is -4.08. The van der Waals surface area contributed by atoms with E-state index in [1.54, 1.807) is 31.2 Å². The van der Waals surface area contributed by atoms with E-state index in [1.807, 2.05) is 0 Å². The van der Waals surface area contributed by atoms with E-state index in [0.717, 1.165) is 12.8 Å². The lowest BCUT2D eigenvalue weighted by molar-refractivity contribution is -0.384. The largest absolute Gasteiger partial charge is 0.449 e.